The van der Waals surface area contributed by atoms with Crippen LogP contribution in [0.5, 0.6) is 0 Å². The molecule has 0 fully saturated rings. The molecule has 8 heavy (non-hydrogen) atoms. The van der Waals surface area contributed by atoms with Crippen molar-refractivity contribution in [3.63, 3.8) is 0 Å². The first-order valence-corrected chi connectivity index (χ1v) is 1.88. The van der Waals surface area contributed by atoms with Crippen molar-refractivity contribution in [2.45, 2.75) is 6.23 Å². The molecular formula is C3H6N2O3. The second kappa shape index (κ2) is 2.98. The quantitative estimate of drug-likeness (QED) is 0.222. The fourth-order valence-electron chi connectivity index (χ4n) is 0.161. The molecule has 5 nitrogen and oxygen atoms in total. The summed E-state index contributed by atoms with van der Waals surface area (Å²) in [6.45, 7) is 3.10. The topological polar surface area (TPSA) is 75.4 Å². The average molecular weight is 118 g/mol. The van der Waals surface area contributed by atoms with Gasteiger partial charge in [0.2, 0.25) is 0 Å². The van der Waals surface area contributed by atoms with Crippen molar-refractivity contribution in [3.05, 3.63) is 22.8 Å². The zero-order valence-electron chi connectivity index (χ0n) is 4.07. The summed E-state index contributed by atoms with van der Waals surface area (Å²) < 4.78 is 0. The van der Waals surface area contributed by atoms with Crippen molar-refractivity contribution in [2.24, 2.45) is 0 Å². The number of aliphatic hydroxyl groups is 1. The van der Waals surface area contributed by atoms with Crippen molar-refractivity contribution in [1.82, 2.24) is 5.43 Å². The minimum absolute atomic E-state index is 0.841. The lowest BCUT2D eigenvalue weighted by molar-refractivity contribution is -0.557. The normalized spacial score (nSPS) is 12.1. The van der Waals surface area contributed by atoms with Gasteiger partial charge in [-0.15, -0.1) is 5.43 Å². The van der Waals surface area contributed by atoms with E-state index in [1.54, 1.807) is 5.43 Å². The predicted molar refractivity (Wildman–Crippen MR) is 26.3 cm³/mol. The van der Waals surface area contributed by atoms with E-state index in [1.165, 1.54) is 0 Å². The van der Waals surface area contributed by atoms with Crippen LogP contribution < -0.4 is 5.43 Å². The third kappa shape index (κ3) is 3.10. The van der Waals surface area contributed by atoms with Crippen LogP contribution in [0.4, 0.5) is 0 Å². The van der Waals surface area contributed by atoms with Crippen LogP contribution in [0, 0.1) is 10.1 Å². The summed E-state index contributed by atoms with van der Waals surface area (Å²) in [7, 11) is 0. The summed E-state index contributed by atoms with van der Waals surface area (Å²) in [6, 6.07) is 0. The fourth-order valence-corrected chi connectivity index (χ4v) is 0.161. The lowest BCUT2D eigenvalue weighted by atomic mass is 10.6. The van der Waals surface area contributed by atoms with Gasteiger partial charge in [0, 0.05) is 0 Å². The van der Waals surface area contributed by atoms with E-state index in [9.17, 15) is 10.1 Å². The van der Waals surface area contributed by atoms with Crippen LogP contribution in [0.2, 0.25) is 0 Å². The molecule has 0 aliphatic rings. The Morgan fingerprint density at radius 2 is 2.50 bits per heavy atom. The predicted octanol–water partition coefficient (Wildman–Crippen LogP) is -0.728. The molecule has 46 valence electrons. The first-order chi connectivity index (χ1) is 3.66. The van der Waals surface area contributed by atoms with Gasteiger partial charge in [-0.2, -0.15) is 0 Å². The van der Waals surface area contributed by atoms with Crippen molar-refractivity contribution in [2.75, 3.05) is 0 Å². The molecule has 0 bridgehead atoms. The van der Waals surface area contributed by atoms with Gasteiger partial charge in [0.05, 0.1) is 0 Å². The lowest BCUT2D eigenvalue weighted by Gasteiger charge is -1.96. The minimum atomic E-state index is -1.26. The number of nitro groups is 1. The smallest absolute Gasteiger partial charge is 0.200 e. The maximum absolute atomic E-state index is 9.46. The highest BCUT2D eigenvalue weighted by Crippen LogP contribution is 1.73. The summed E-state index contributed by atoms with van der Waals surface area (Å²) in [5.41, 5.74) is 1.55. The first-order valence-electron chi connectivity index (χ1n) is 1.88. The Labute approximate surface area is 45.7 Å². The van der Waals surface area contributed by atoms with Crippen LogP contribution in [0.3, 0.4) is 0 Å². The number of nitrogens with one attached hydrogen (secondary N) is 1. The van der Waals surface area contributed by atoms with Gasteiger partial charge in [-0.25, -0.2) is 10.1 Å². The van der Waals surface area contributed by atoms with Crippen molar-refractivity contribution in [1.29, 1.82) is 0 Å². The number of hydrogen-bond donors (Lipinski definition) is 2. The molecular weight excluding hydrogens is 112 g/mol. The molecule has 0 aromatic carbocycles. The summed E-state index contributed by atoms with van der Waals surface area (Å²) in [5.74, 6) is 0. The highest BCUT2D eigenvalue weighted by molar-refractivity contribution is 4.71. The Hall–Kier alpha value is -1.10. The van der Waals surface area contributed by atoms with E-state index in [0.29, 0.717) is 0 Å². The second-order valence-electron chi connectivity index (χ2n) is 1.07. The van der Waals surface area contributed by atoms with Gasteiger partial charge < -0.3 is 5.11 Å². The van der Waals surface area contributed by atoms with Gasteiger partial charge in [0.15, 0.2) is 11.3 Å². The largest absolute Gasteiger partial charge is 0.366 e. The monoisotopic (exact) mass is 118 g/mol. The summed E-state index contributed by atoms with van der Waals surface area (Å²) in [6.07, 6.45) is -0.243. The Kier molecular flexibility index (Phi) is 2.57. The molecule has 0 aliphatic heterocycles. The summed E-state index contributed by atoms with van der Waals surface area (Å²) >= 11 is 0. The maximum Gasteiger partial charge on any atom is 0.200 e. The third-order valence-corrected chi connectivity index (χ3v) is 0.461. The van der Waals surface area contributed by atoms with E-state index in [-0.39, 0.29) is 0 Å². The maximum atomic E-state index is 9.46. The average Bonchev–Trinajstić information content (AvgIpc) is 1.65. The van der Waals surface area contributed by atoms with Gasteiger partial charge in [-0.1, -0.05) is 6.58 Å². The molecule has 1 atom stereocenters. The van der Waals surface area contributed by atoms with Crippen molar-refractivity contribution < 1.29 is 10.1 Å². The van der Waals surface area contributed by atoms with E-state index in [2.05, 4.69) is 6.58 Å². The van der Waals surface area contributed by atoms with Crippen LogP contribution in [-0.2, 0) is 0 Å². The highest BCUT2D eigenvalue weighted by Gasteiger charge is 2.00. The van der Waals surface area contributed by atoms with E-state index in [4.69, 9.17) is 5.11 Å². The number of aliphatic hydroxyl groups excluding tert-OH is 1. The zero-order valence-corrected chi connectivity index (χ0v) is 4.07. The first kappa shape index (κ1) is 6.90. The van der Waals surface area contributed by atoms with Crippen molar-refractivity contribution >= 4 is 0 Å². The number of nitrogens with zero attached hydrogens (tertiary/aromatic N) is 1. The van der Waals surface area contributed by atoms with E-state index in [0.717, 1.165) is 6.08 Å². The molecule has 0 spiro atoms. The molecule has 0 aliphatic carbocycles. The Morgan fingerprint density at radius 3 is 2.62 bits per heavy atom. The molecule has 0 aromatic rings. The number of rotatable bonds is 3. The van der Waals surface area contributed by atoms with Gasteiger partial charge in [-0.3, -0.25) is 0 Å². The lowest BCUT2D eigenvalue weighted by Crippen LogP contribution is -2.31. The zero-order chi connectivity index (χ0) is 6.57. The van der Waals surface area contributed by atoms with Crippen LogP contribution in [0.15, 0.2) is 12.7 Å². The van der Waals surface area contributed by atoms with Crippen LogP contribution in [0.1, 0.15) is 0 Å². The minimum Gasteiger partial charge on any atom is -0.366 e. The molecule has 1 unspecified atom stereocenters. The van der Waals surface area contributed by atoms with Gasteiger partial charge in [0.25, 0.3) is 0 Å². The van der Waals surface area contributed by atoms with Gasteiger partial charge >= 0.3 is 0 Å². The summed E-state index contributed by atoms with van der Waals surface area (Å²) in [5, 5.41) is 17.0. The summed E-state index contributed by atoms with van der Waals surface area (Å²) in [4.78, 5) is 9.46. The van der Waals surface area contributed by atoms with E-state index < -0.39 is 11.3 Å². The standard InChI is InChI=1S/C3H6N2O3/c1-2-3(6)4-5(7)8/h2-4,6H,1H2. The van der Waals surface area contributed by atoms with Crippen LogP contribution in [0.25, 0.3) is 0 Å². The number of hydrazine groups is 1. The SMILES string of the molecule is C=CC(O)N[N+](=O)[O-]. The van der Waals surface area contributed by atoms with Crippen LogP contribution in [-0.4, -0.2) is 16.4 Å². The molecule has 0 rings (SSSR count). The second-order valence-corrected chi connectivity index (χ2v) is 1.07. The Balaban J connectivity index is 3.38. The molecule has 0 heterocycles. The Morgan fingerprint density at radius 1 is 2.00 bits per heavy atom. The van der Waals surface area contributed by atoms with Crippen molar-refractivity contribution in [3.8, 4) is 0 Å². The fraction of sp³-hybridized carbons (Fsp3) is 0.333. The van der Waals surface area contributed by atoms with E-state index in [1.807, 2.05) is 0 Å². The molecule has 5 heteroatoms. The number of hydrogen-bond acceptors (Lipinski definition) is 3. The van der Waals surface area contributed by atoms with Gasteiger partial charge in [-0.05, 0) is 6.08 Å². The van der Waals surface area contributed by atoms with Crippen LogP contribution >= 0.6 is 0 Å². The molecule has 2 N–H and O–H groups in total. The molecule has 0 amide bonds. The van der Waals surface area contributed by atoms with E-state index >= 15 is 0 Å². The Bertz CT molecular complexity index is 103. The molecule has 0 aromatic heterocycles. The third-order valence-electron chi connectivity index (χ3n) is 0.461. The molecule has 0 saturated carbocycles. The molecule has 0 saturated heterocycles. The molecule has 0 radical (unpaired) electrons. The highest BCUT2D eigenvalue weighted by atomic mass is 16.7. The van der Waals surface area contributed by atoms with Gasteiger partial charge in [0.1, 0.15) is 0 Å².